The van der Waals surface area contributed by atoms with Gasteiger partial charge in [-0.3, -0.25) is 4.98 Å². The van der Waals surface area contributed by atoms with Gasteiger partial charge in [0.1, 0.15) is 5.82 Å². The van der Waals surface area contributed by atoms with Gasteiger partial charge in [0.05, 0.1) is 29.0 Å². The number of thiazole rings is 1. The molecular formula is C12H9BrClN3S. The first kappa shape index (κ1) is 12.1. The Balaban J connectivity index is 2.13. The molecule has 3 aromatic rings. The topological polar surface area (TPSA) is 30.7 Å². The van der Waals surface area contributed by atoms with E-state index < -0.39 is 0 Å². The van der Waals surface area contributed by atoms with Crippen LogP contribution in [0, 0.1) is 0 Å². The van der Waals surface area contributed by atoms with Gasteiger partial charge in [0.25, 0.3) is 0 Å². The second kappa shape index (κ2) is 4.99. The zero-order valence-electron chi connectivity index (χ0n) is 9.31. The van der Waals surface area contributed by atoms with Crippen molar-refractivity contribution in [2.45, 2.75) is 12.4 Å². The summed E-state index contributed by atoms with van der Waals surface area (Å²) in [4.78, 5) is 9.85. The summed E-state index contributed by atoms with van der Waals surface area (Å²) in [6.07, 6.45) is 1.88. The number of hydrogen-bond acceptors (Lipinski definition) is 3. The lowest BCUT2D eigenvalue weighted by molar-refractivity contribution is 0.787. The van der Waals surface area contributed by atoms with Crippen LogP contribution in [0.1, 0.15) is 10.7 Å². The molecule has 0 unspecified atom stereocenters. The van der Waals surface area contributed by atoms with Crippen LogP contribution in [0.15, 0.2) is 34.4 Å². The molecule has 92 valence electrons. The van der Waals surface area contributed by atoms with Gasteiger partial charge in [0.2, 0.25) is 0 Å². The molecule has 0 spiro atoms. The van der Waals surface area contributed by atoms with Gasteiger partial charge < -0.3 is 4.57 Å². The van der Waals surface area contributed by atoms with Crippen molar-refractivity contribution in [2.75, 3.05) is 0 Å². The summed E-state index contributed by atoms with van der Waals surface area (Å²) < 4.78 is 3.17. The van der Waals surface area contributed by atoms with Crippen LogP contribution in [0.4, 0.5) is 0 Å². The van der Waals surface area contributed by atoms with Crippen LogP contribution in [-0.2, 0) is 12.4 Å². The van der Waals surface area contributed by atoms with Gasteiger partial charge in [-0.25, -0.2) is 4.98 Å². The molecular weight excluding hydrogens is 334 g/mol. The van der Waals surface area contributed by atoms with E-state index in [9.17, 15) is 0 Å². The third-order valence-electron chi connectivity index (χ3n) is 2.71. The minimum Gasteiger partial charge on any atom is -0.322 e. The van der Waals surface area contributed by atoms with E-state index in [-0.39, 0.29) is 0 Å². The van der Waals surface area contributed by atoms with Crippen LogP contribution in [0.25, 0.3) is 11.0 Å². The fourth-order valence-electron chi connectivity index (χ4n) is 1.91. The van der Waals surface area contributed by atoms with Crippen LogP contribution < -0.4 is 0 Å². The number of hydrogen-bond donors (Lipinski definition) is 0. The average molecular weight is 343 g/mol. The van der Waals surface area contributed by atoms with Gasteiger partial charge in [-0.15, -0.1) is 22.9 Å². The molecule has 0 bridgehead atoms. The van der Waals surface area contributed by atoms with Crippen molar-refractivity contribution in [3.63, 3.8) is 0 Å². The van der Waals surface area contributed by atoms with Crippen molar-refractivity contribution >= 4 is 49.9 Å². The van der Waals surface area contributed by atoms with Crippen LogP contribution in [-0.4, -0.2) is 14.5 Å². The van der Waals surface area contributed by atoms with E-state index >= 15 is 0 Å². The summed E-state index contributed by atoms with van der Waals surface area (Å²) in [7, 11) is 0. The summed E-state index contributed by atoms with van der Waals surface area (Å²) in [6, 6.07) is 6.09. The van der Waals surface area contributed by atoms with Crippen molar-refractivity contribution in [3.8, 4) is 0 Å². The van der Waals surface area contributed by atoms with Gasteiger partial charge in [0.15, 0.2) is 0 Å². The molecule has 6 heteroatoms. The first-order chi connectivity index (χ1) is 8.78. The Morgan fingerprint density at radius 2 is 2.28 bits per heavy atom. The summed E-state index contributed by atoms with van der Waals surface area (Å²) in [6.45, 7) is 0.769. The molecule has 0 saturated carbocycles. The SMILES string of the molecule is ClCc1nc2cc(Br)ccc2n1Cc1cncs1. The first-order valence-electron chi connectivity index (χ1n) is 5.36. The Labute approximate surface area is 122 Å². The zero-order valence-corrected chi connectivity index (χ0v) is 12.5. The van der Waals surface area contributed by atoms with E-state index in [1.54, 1.807) is 11.3 Å². The molecule has 2 aromatic heterocycles. The van der Waals surface area contributed by atoms with Crippen molar-refractivity contribution in [1.82, 2.24) is 14.5 Å². The Morgan fingerprint density at radius 3 is 3.00 bits per heavy atom. The van der Waals surface area contributed by atoms with Crippen LogP contribution in [0.2, 0.25) is 0 Å². The highest BCUT2D eigenvalue weighted by molar-refractivity contribution is 9.10. The second-order valence-corrected chi connectivity index (χ2v) is 6.00. The average Bonchev–Trinajstić information content (AvgIpc) is 2.97. The van der Waals surface area contributed by atoms with E-state index in [0.717, 1.165) is 27.9 Å². The summed E-state index contributed by atoms with van der Waals surface area (Å²) >= 11 is 11.1. The fraction of sp³-hybridized carbons (Fsp3) is 0.167. The van der Waals surface area contributed by atoms with E-state index in [0.29, 0.717) is 5.88 Å². The van der Waals surface area contributed by atoms with Crippen molar-refractivity contribution in [3.05, 3.63) is 45.1 Å². The van der Waals surface area contributed by atoms with Crippen molar-refractivity contribution in [2.24, 2.45) is 0 Å². The molecule has 0 N–H and O–H groups in total. The predicted molar refractivity (Wildman–Crippen MR) is 78.2 cm³/mol. The van der Waals surface area contributed by atoms with E-state index in [1.165, 1.54) is 4.88 Å². The lowest BCUT2D eigenvalue weighted by Crippen LogP contribution is -2.02. The second-order valence-electron chi connectivity index (χ2n) is 3.85. The summed E-state index contributed by atoms with van der Waals surface area (Å²) in [5.74, 6) is 1.30. The maximum Gasteiger partial charge on any atom is 0.125 e. The Morgan fingerprint density at radius 1 is 1.39 bits per heavy atom. The molecule has 3 nitrogen and oxygen atoms in total. The monoisotopic (exact) mass is 341 g/mol. The number of imidazole rings is 1. The van der Waals surface area contributed by atoms with Crippen molar-refractivity contribution < 1.29 is 0 Å². The molecule has 0 radical (unpaired) electrons. The summed E-state index contributed by atoms with van der Waals surface area (Å²) in [5, 5.41) is 0. The van der Waals surface area contributed by atoms with E-state index in [4.69, 9.17) is 11.6 Å². The standard InChI is InChI=1S/C12H9BrClN3S/c13-8-1-2-11-10(3-8)16-12(4-14)17(11)6-9-5-15-7-18-9/h1-3,5,7H,4,6H2. The van der Waals surface area contributed by atoms with E-state index in [2.05, 4.69) is 36.5 Å². The molecule has 0 aliphatic heterocycles. The Bertz CT molecular complexity index is 678. The van der Waals surface area contributed by atoms with Gasteiger partial charge >= 0.3 is 0 Å². The molecule has 0 amide bonds. The number of aromatic nitrogens is 3. The number of rotatable bonds is 3. The van der Waals surface area contributed by atoms with Gasteiger partial charge in [-0.2, -0.15) is 0 Å². The van der Waals surface area contributed by atoms with Crippen LogP contribution >= 0.6 is 38.9 Å². The molecule has 0 fully saturated rings. The maximum atomic E-state index is 5.98. The molecule has 0 aliphatic carbocycles. The smallest absolute Gasteiger partial charge is 0.125 e. The lowest BCUT2D eigenvalue weighted by Gasteiger charge is -2.05. The molecule has 1 aromatic carbocycles. The zero-order chi connectivity index (χ0) is 12.5. The largest absolute Gasteiger partial charge is 0.322 e. The molecule has 0 saturated heterocycles. The maximum absolute atomic E-state index is 5.98. The molecule has 0 atom stereocenters. The summed E-state index contributed by atoms with van der Waals surface area (Å²) in [5.41, 5.74) is 3.90. The third-order valence-corrected chi connectivity index (χ3v) is 4.20. The normalized spacial score (nSPS) is 11.2. The van der Waals surface area contributed by atoms with Crippen LogP contribution in [0.3, 0.4) is 0 Å². The van der Waals surface area contributed by atoms with Gasteiger partial charge in [0, 0.05) is 15.5 Å². The minimum atomic E-state index is 0.408. The number of benzene rings is 1. The highest BCUT2D eigenvalue weighted by Gasteiger charge is 2.11. The Hall–Kier alpha value is -0.910. The molecule has 3 rings (SSSR count). The third kappa shape index (κ3) is 2.18. The lowest BCUT2D eigenvalue weighted by atomic mass is 10.3. The molecule has 0 aliphatic rings. The predicted octanol–water partition coefficient (Wildman–Crippen LogP) is 4.04. The molecule has 2 heterocycles. The first-order valence-corrected chi connectivity index (χ1v) is 7.56. The number of fused-ring (bicyclic) bond motifs is 1. The number of halogens is 2. The van der Waals surface area contributed by atoms with Gasteiger partial charge in [-0.1, -0.05) is 15.9 Å². The van der Waals surface area contributed by atoms with E-state index in [1.807, 2.05) is 23.8 Å². The number of nitrogens with zero attached hydrogens (tertiary/aromatic N) is 3. The highest BCUT2D eigenvalue weighted by atomic mass is 79.9. The minimum absolute atomic E-state index is 0.408. The highest BCUT2D eigenvalue weighted by Crippen LogP contribution is 2.23. The van der Waals surface area contributed by atoms with Crippen molar-refractivity contribution in [1.29, 1.82) is 0 Å². The number of alkyl halides is 1. The Kier molecular flexibility index (Phi) is 3.37. The van der Waals surface area contributed by atoms with Crippen LogP contribution in [0.5, 0.6) is 0 Å². The fourth-order valence-corrected chi connectivity index (χ4v) is 3.04. The molecule has 18 heavy (non-hydrogen) atoms. The quantitative estimate of drug-likeness (QED) is 0.673. The van der Waals surface area contributed by atoms with Gasteiger partial charge in [-0.05, 0) is 18.2 Å².